The van der Waals surface area contributed by atoms with Gasteiger partial charge >= 0.3 is 5.97 Å². The van der Waals surface area contributed by atoms with Crippen LogP contribution in [0.1, 0.15) is 21.5 Å². The Kier molecular flexibility index (Phi) is 5.55. The van der Waals surface area contributed by atoms with Gasteiger partial charge in [0.05, 0.1) is 0 Å². The van der Waals surface area contributed by atoms with Crippen molar-refractivity contribution in [3.8, 4) is 0 Å². The summed E-state index contributed by atoms with van der Waals surface area (Å²) in [6, 6.07) is 14.9. The highest BCUT2D eigenvalue weighted by Gasteiger charge is 2.22. The minimum atomic E-state index is -1.08. The molecule has 2 N–H and O–H groups in total. The zero-order valence-corrected chi connectivity index (χ0v) is 12.6. The molecule has 2 aromatic rings. The van der Waals surface area contributed by atoms with E-state index in [9.17, 15) is 14.7 Å². The average molecular weight is 318 g/mol. The van der Waals surface area contributed by atoms with Crippen molar-refractivity contribution in [3.05, 3.63) is 71.3 Å². The van der Waals surface area contributed by atoms with Crippen LogP contribution in [0.3, 0.4) is 0 Å². The summed E-state index contributed by atoms with van der Waals surface area (Å²) in [5.41, 5.74) is 2.11. The van der Waals surface area contributed by atoms with E-state index in [1.165, 1.54) is 0 Å². The Morgan fingerprint density at radius 3 is 2.18 bits per heavy atom. The van der Waals surface area contributed by atoms with Gasteiger partial charge in [-0.15, -0.1) is 11.6 Å². The van der Waals surface area contributed by atoms with E-state index in [1.54, 1.807) is 30.3 Å². The van der Waals surface area contributed by atoms with Gasteiger partial charge in [0.2, 0.25) is 0 Å². The number of hydrogen-bond donors (Lipinski definition) is 2. The van der Waals surface area contributed by atoms with Crippen LogP contribution in [0.15, 0.2) is 54.6 Å². The second-order valence-corrected chi connectivity index (χ2v) is 5.10. The van der Waals surface area contributed by atoms with Gasteiger partial charge in [-0.25, -0.2) is 4.79 Å². The quantitative estimate of drug-likeness (QED) is 0.805. The van der Waals surface area contributed by atoms with Crippen molar-refractivity contribution >= 4 is 23.5 Å². The van der Waals surface area contributed by atoms with Crippen LogP contribution in [0.4, 0.5) is 0 Å². The van der Waals surface area contributed by atoms with Crippen LogP contribution in [0.25, 0.3) is 0 Å². The van der Waals surface area contributed by atoms with Gasteiger partial charge in [-0.2, -0.15) is 0 Å². The molecule has 0 aliphatic heterocycles. The maximum atomic E-state index is 12.1. The van der Waals surface area contributed by atoms with E-state index in [4.69, 9.17) is 11.6 Å². The Morgan fingerprint density at radius 2 is 1.59 bits per heavy atom. The van der Waals surface area contributed by atoms with Gasteiger partial charge in [0, 0.05) is 17.9 Å². The fourth-order valence-corrected chi connectivity index (χ4v) is 2.40. The van der Waals surface area contributed by atoms with Gasteiger partial charge in [0.15, 0.2) is 0 Å². The van der Waals surface area contributed by atoms with E-state index in [0.29, 0.717) is 11.4 Å². The smallest absolute Gasteiger partial charge is 0.326 e. The molecular formula is C17H16ClNO3. The molecule has 1 amide bonds. The summed E-state index contributed by atoms with van der Waals surface area (Å²) in [6.07, 6.45) is 0.191. The van der Waals surface area contributed by atoms with Crippen LogP contribution in [-0.4, -0.2) is 23.0 Å². The minimum Gasteiger partial charge on any atom is -0.480 e. The van der Waals surface area contributed by atoms with E-state index < -0.39 is 17.9 Å². The number of hydrogen-bond acceptors (Lipinski definition) is 2. The van der Waals surface area contributed by atoms with Crippen molar-refractivity contribution in [2.75, 3.05) is 0 Å². The molecule has 2 aromatic carbocycles. The number of aliphatic carboxylic acids is 1. The number of alkyl halides is 1. The van der Waals surface area contributed by atoms with Crippen molar-refractivity contribution in [1.29, 1.82) is 0 Å². The molecule has 22 heavy (non-hydrogen) atoms. The molecule has 0 radical (unpaired) electrons. The predicted octanol–water partition coefficient (Wildman–Crippen LogP) is 2.85. The Balaban J connectivity index is 2.14. The number of carbonyl (C=O) groups is 2. The zero-order valence-electron chi connectivity index (χ0n) is 11.8. The van der Waals surface area contributed by atoms with Gasteiger partial charge in [-0.3, -0.25) is 4.79 Å². The lowest BCUT2D eigenvalue weighted by Gasteiger charge is -2.16. The highest BCUT2D eigenvalue weighted by Crippen LogP contribution is 2.14. The Labute approximate surface area is 133 Å². The van der Waals surface area contributed by atoms with Crippen molar-refractivity contribution < 1.29 is 14.7 Å². The third kappa shape index (κ3) is 4.09. The zero-order chi connectivity index (χ0) is 15.9. The topological polar surface area (TPSA) is 66.4 Å². The van der Waals surface area contributed by atoms with Crippen LogP contribution in [0.5, 0.6) is 0 Å². The second-order valence-electron chi connectivity index (χ2n) is 4.84. The van der Waals surface area contributed by atoms with E-state index in [-0.39, 0.29) is 6.42 Å². The normalized spacial score (nSPS) is 11.7. The van der Waals surface area contributed by atoms with Gasteiger partial charge in [0.25, 0.3) is 5.91 Å². The lowest BCUT2D eigenvalue weighted by atomic mass is 10.0. The molecule has 4 nitrogen and oxygen atoms in total. The number of nitrogens with one attached hydrogen (secondary N) is 1. The average Bonchev–Trinajstić information content (AvgIpc) is 2.55. The minimum absolute atomic E-state index is 0.191. The number of rotatable bonds is 6. The maximum absolute atomic E-state index is 12.1. The van der Waals surface area contributed by atoms with E-state index >= 15 is 0 Å². The maximum Gasteiger partial charge on any atom is 0.326 e. The van der Waals surface area contributed by atoms with Crippen molar-refractivity contribution in [2.45, 2.75) is 18.3 Å². The van der Waals surface area contributed by atoms with Gasteiger partial charge in [0.1, 0.15) is 6.04 Å². The van der Waals surface area contributed by atoms with Gasteiger partial charge in [-0.05, 0) is 23.3 Å². The predicted molar refractivity (Wildman–Crippen MR) is 85.0 cm³/mol. The summed E-state index contributed by atoms with van der Waals surface area (Å²) in [6.45, 7) is 0. The number of halogens is 1. The summed E-state index contributed by atoms with van der Waals surface area (Å²) >= 11 is 5.86. The van der Waals surface area contributed by atoms with Crippen LogP contribution in [0.2, 0.25) is 0 Å². The molecule has 0 fully saturated rings. The molecule has 5 heteroatoms. The molecule has 0 aliphatic carbocycles. The number of carboxylic acids is 1. The standard InChI is InChI=1S/C17H16ClNO3/c18-11-14-9-5-4-8-13(14)10-15(17(21)22)19-16(20)12-6-2-1-3-7-12/h1-9,15H,10-11H2,(H,19,20)(H,21,22). The number of carboxylic acid groups (broad SMARTS) is 1. The molecule has 0 spiro atoms. The summed E-state index contributed by atoms with van der Waals surface area (Å²) in [5, 5.41) is 11.9. The first kappa shape index (κ1) is 16.0. The van der Waals surface area contributed by atoms with Crippen LogP contribution in [0, 0.1) is 0 Å². The summed E-state index contributed by atoms with van der Waals surface area (Å²) in [5.74, 6) is -1.18. The Hall–Kier alpha value is -2.33. The first-order valence-corrected chi connectivity index (χ1v) is 7.36. The van der Waals surface area contributed by atoms with Gasteiger partial charge in [-0.1, -0.05) is 42.5 Å². The van der Waals surface area contributed by atoms with E-state index in [1.807, 2.05) is 24.3 Å². The van der Waals surface area contributed by atoms with Crippen LogP contribution < -0.4 is 5.32 Å². The fourth-order valence-electron chi connectivity index (χ4n) is 2.14. The molecular weight excluding hydrogens is 302 g/mol. The molecule has 0 aliphatic rings. The molecule has 2 rings (SSSR count). The van der Waals surface area contributed by atoms with Crippen LogP contribution in [-0.2, 0) is 17.1 Å². The lowest BCUT2D eigenvalue weighted by molar-refractivity contribution is -0.139. The lowest BCUT2D eigenvalue weighted by Crippen LogP contribution is -2.42. The first-order chi connectivity index (χ1) is 10.6. The van der Waals surface area contributed by atoms with Crippen molar-refractivity contribution in [2.24, 2.45) is 0 Å². The number of benzene rings is 2. The number of carbonyl (C=O) groups excluding carboxylic acids is 1. The molecule has 0 heterocycles. The summed E-state index contributed by atoms with van der Waals surface area (Å²) in [7, 11) is 0. The third-order valence-electron chi connectivity index (χ3n) is 3.33. The second kappa shape index (κ2) is 7.61. The highest BCUT2D eigenvalue weighted by molar-refractivity contribution is 6.17. The SMILES string of the molecule is O=C(NC(Cc1ccccc1CCl)C(=O)O)c1ccccc1. The highest BCUT2D eigenvalue weighted by atomic mass is 35.5. The monoisotopic (exact) mass is 317 g/mol. The molecule has 0 saturated carbocycles. The third-order valence-corrected chi connectivity index (χ3v) is 3.61. The molecule has 1 atom stereocenters. The van der Waals surface area contributed by atoms with Gasteiger partial charge < -0.3 is 10.4 Å². The summed E-state index contributed by atoms with van der Waals surface area (Å²) < 4.78 is 0. The van der Waals surface area contributed by atoms with Crippen molar-refractivity contribution in [1.82, 2.24) is 5.32 Å². The van der Waals surface area contributed by atoms with E-state index in [2.05, 4.69) is 5.32 Å². The molecule has 0 saturated heterocycles. The number of amides is 1. The van der Waals surface area contributed by atoms with Crippen LogP contribution >= 0.6 is 11.6 Å². The Bertz CT molecular complexity index is 658. The molecule has 114 valence electrons. The Morgan fingerprint density at radius 1 is 1.00 bits per heavy atom. The summed E-state index contributed by atoms with van der Waals surface area (Å²) in [4.78, 5) is 23.5. The first-order valence-electron chi connectivity index (χ1n) is 6.83. The van der Waals surface area contributed by atoms with Crippen molar-refractivity contribution in [3.63, 3.8) is 0 Å². The molecule has 1 unspecified atom stereocenters. The fraction of sp³-hybridized carbons (Fsp3) is 0.176. The largest absolute Gasteiger partial charge is 0.480 e. The molecule has 0 bridgehead atoms. The van der Waals surface area contributed by atoms with E-state index in [0.717, 1.165) is 11.1 Å². The molecule has 0 aromatic heterocycles.